The molecular weight excluding hydrogens is 632 g/mol. The fraction of sp³-hybridized carbons (Fsp3) is 0.568. The summed E-state index contributed by atoms with van der Waals surface area (Å²) in [6.07, 6.45) is 18.1. The summed E-state index contributed by atoms with van der Waals surface area (Å²) in [7, 11) is 0. The molecule has 7 heteroatoms. The number of hydrogen-bond donors (Lipinski definition) is 1. The standard InChI is InChI=1S/C37H54N2O3S.BrH/c1-6-7-8-9-10-11-12-13-14-15-16-17-24-41-35-25-33(22-23-34(35)37(3,4)5)42-28-36(40)38-32-20-18-31(19-21-32)27-39-26-30(2)43-29-39;/h18-23,25-26,29H,6-17,24,27-28H2,1-5H3;1H. The molecule has 3 rings (SSSR count). The predicted molar refractivity (Wildman–Crippen MR) is 181 cm³/mol. The van der Waals surface area contributed by atoms with E-state index < -0.39 is 0 Å². The van der Waals surface area contributed by atoms with E-state index in [9.17, 15) is 4.79 Å². The highest BCUT2D eigenvalue weighted by molar-refractivity contribution is 7.09. The van der Waals surface area contributed by atoms with Gasteiger partial charge in [0.2, 0.25) is 5.51 Å². The van der Waals surface area contributed by atoms with E-state index in [1.807, 2.05) is 36.4 Å². The lowest BCUT2D eigenvalue weighted by Gasteiger charge is -2.23. The number of amides is 1. The Kier molecular flexibility index (Phi) is 17.7. The summed E-state index contributed by atoms with van der Waals surface area (Å²) in [6.45, 7) is 12.4. The number of anilines is 1. The van der Waals surface area contributed by atoms with E-state index in [1.165, 1.54) is 81.1 Å². The van der Waals surface area contributed by atoms with Gasteiger partial charge in [0.05, 0.1) is 11.5 Å². The fourth-order valence-corrected chi connectivity index (χ4v) is 5.87. The third-order valence-electron chi connectivity index (χ3n) is 7.71. The molecular formula is C37H55BrN2O3S. The first-order valence-electron chi connectivity index (χ1n) is 16.5. The lowest BCUT2D eigenvalue weighted by molar-refractivity contribution is -0.683. The van der Waals surface area contributed by atoms with Crippen LogP contribution < -0.4 is 36.3 Å². The van der Waals surface area contributed by atoms with Gasteiger partial charge in [0.15, 0.2) is 19.3 Å². The number of thiazole rings is 1. The molecule has 0 saturated heterocycles. The number of nitrogens with zero attached hydrogens (tertiary/aromatic N) is 1. The van der Waals surface area contributed by atoms with Crippen LogP contribution in [0.15, 0.2) is 54.2 Å². The Hall–Kier alpha value is -2.38. The van der Waals surface area contributed by atoms with Gasteiger partial charge in [0, 0.05) is 17.3 Å². The molecule has 2 aromatic carbocycles. The maximum atomic E-state index is 12.6. The normalized spacial score (nSPS) is 11.2. The van der Waals surface area contributed by atoms with Gasteiger partial charge in [-0.1, -0.05) is 128 Å². The second kappa shape index (κ2) is 20.6. The van der Waals surface area contributed by atoms with Crippen molar-refractivity contribution in [1.29, 1.82) is 0 Å². The quantitative estimate of drug-likeness (QED) is 0.105. The van der Waals surface area contributed by atoms with Gasteiger partial charge in [0.25, 0.3) is 5.91 Å². The van der Waals surface area contributed by atoms with Gasteiger partial charge in [-0.3, -0.25) is 4.79 Å². The molecule has 0 saturated carbocycles. The highest BCUT2D eigenvalue weighted by Gasteiger charge is 2.20. The maximum Gasteiger partial charge on any atom is 0.262 e. The lowest BCUT2D eigenvalue weighted by Crippen LogP contribution is -3.00. The minimum atomic E-state index is -0.186. The predicted octanol–water partition coefficient (Wildman–Crippen LogP) is 6.79. The Morgan fingerprint density at radius 2 is 1.45 bits per heavy atom. The van der Waals surface area contributed by atoms with Gasteiger partial charge in [-0.15, -0.1) is 0 Å². The first-order valence-corrected chi connectivity index (χ1v) is 17.4. The van der Waals surface area contributed by atoms with Gasteiger partial charge >= 0.3 is 0 Å². The molecule has 0 atom stereocenters. The highest BCUT2D eigenvalue weighted by atomic mass is 79.9. The van der Waals surface area contributed by atoms with Gasteiger partial charge in [-0.2, -0.15) is 4.57 Å². The average molecular weight is 688 g/mol. The number of unbranched alkanes of at least 4 members (excludes halogenated alkanes) is 11. The third-order valence-corrected chi connectivity index (χ3v) is 8.56. The maximum absolute atomic E-state index is 12.6. The molecule has 0 unspecified atom stereocenters. The molecule has 0 bridgehead atoms. The van der Waals surface area contributed by atoms with E-state index in [2.05, 4.69) is 62.3 Å². The van der Waals surface area contributed by atoms with E-state index in [0.29, 0.717) is 12.4 Å². The first-order chi connectivity index (χ1) is 20.7. The number of benzene rings is 2. The topological polar surface area (TPSA) is 51.4 Å². The smallest absolute Gasteiger partial charge is 0.262 e. The Balaban J connectivity index is 0.00000675. The number of carbonyl (C=O) groups excluding carboxylic acids is 1. The van der Waals surface area contributed by atoms with Crippen LogP contribution in [0.4, 0.5) is 5.69 Å². The van der Waals surface area contributed by atoms with Crippen LogP contribution in [0.2, 0.25) is 0 Å². The summed E-state index contributed by atoms with van der Waals surface area (Å²) in [5.74, 6) is 1.31. The van der Waals surface area contributed by atoms with Crippen molar-refractivity contribution in [2.75, 3.05) is 18.5 Å². The van der Waals surface area contributed by atoms with E-state index in [1.54, 1.807) is 11.3 Å². The molecule has 5 nitrogen and oxygen atoms in total. The van der Waals surface area contributed by atoms with Crippen LogP contribution >= 0.6 is 11.3 Å². The lowest BCUT2D eigenvalue weighted by atomic mass is 9.86. The van der Waals surface area contributed by atoms with Crippen LogP contribution in [-0.2, 0) is 16.8 Å². The number of hydrogen-bond acceptors (Lipinski definition) is 4. The second-order valence-electron chi connectivity index (χ2n) is 12.8. The molecule has 0 aliphatic heterocycles. The summed E-state index contributed by atoms with van der Waals surface area (Å²) in [5, 5.41) is 2.94. The molecule has 1 aromatic heterocycles. The average Bonchev–Trinajstić information content (AvgIpc) is 3.39. The van der Waals surface area contributed by atoms with Gasteiger partial charge < -0.3 is 31.8 Å². The number of rotatable bonds is 20. The van der Waals surface area contributed by atoms with Crippen LogP contribution in [-0.4, -0.2) is 19.1 Å². The van der Waals surface area contributed by atoms with Crippen molar-refractivity contribution >= 4 is 22.9 Å². The zero-order valence-corrected chi connectivity index (χ0v) is 30.2. The van der Waals surface area contributed by atoms with Crippen LogP contribution in [0.1, 0.15) is 121 Å². The first kappa shape index (κ1) is 37.8. The van der Waals surface area contributed by atoms with Crippen LogP contribution in [0.5, 0.6) is 11.5 Å². The Morgan fingerprint density at radius 1 is 0.841 bits per heavy atom. The molecule has 44 heavy (non-hydrogen) atoms. The number of nitrogens with one attached hydrogen (secondary N) is 1. The molecule has 0 radical (unpaired) electrons. The minimum Gasteiger partial charge on any atom is -1.00 e. The van der Waals surface area contributed by atoms with Gasteiger partial charge in [-0.05, 0) is 42.5 Å². The van der Waals surface area contributed by atoms with Crippen molar-refractivity contribution in [3.8, 4) is 11.5 Å². The Bertz CT molecular complexity index is 1220. The second-order valence-corrected chi connectivity index (χ2v) is 13.9. The molecule has 0 fully saturated rings. The summed E-state index contributed by atoms with van der Waals surface area (Å²) >= 11 is 1.74. The van der Waals surface area contributed by atoms with Crippen molar-refractivity contribution in [1.82, 2.24) is 0 Å². The number of aryl methyl sites for hydroxylation is 1. The summed E-state index contributed by atoms with van der Waals surface area (Å²) in [6, 6.07) is 13.9. The van der Waals surface area contributed by atoms with Crippen molar-refractivity contribution < 1.29 is 35.8 Å². The molecule has 0 spiro atoms. The third kappa shape index (κ3) is 14.6. The molecule has 1 amide bonds. The number of ether oxygens (including phenoxy) is 2. The van der Waals surface area contributed by atoms with Crippen molar-refractivity contribution in [3.63, 3.8) is 0 Å². The molecule has 0 aliphatic carbocycles. The van der Waals surface area contributed by atoms with Crippen molar-refractivity contribution in [2.24, 2.45) is 0 Å². The van der Waals surface area contributed by atoms with Crippen LogP contribution in [0, 0.1) is 6.92 Å². The van der Waals surface area contributed by atoms with E-state index in [-0.39, 0.29) is 34.9 Å². The molecule has 1 N–H and O–H groups in total. The number of halogens is 1. The van der Waals surface area contributed by atoms with E-state index >= 15 is 0 Å². The molecule has 244 valence electrons. The SMILES string of the molecule is CCCCCCCCCCCCCCOc1cc(OCC(=O)Nc2ccc(C[n+]3csc(C)c3)cc2)ccc1C(C)(C)C.[Br-]. The van der Waals surface area contributed by atoms with Crippen LogP contribution in [0.25, 0.3) is 0 Å². The van der Waals surface area contributed by atoms with E-state index in [4.69, 9.17) is 9.47 Å². The monoisotopic (exact) mass is 686 g/mol. The zero-order valence-electron chi connectivity index (χ0n) is 27.8. The zero-order chi connectivity index (χ0) is 30.9. The molecule has 3 aromatic rings. The highest BCUT2D eigenvalue weighted by Crippen LogP contribution is 2.34. The number of aromatic nitrogens is 1. The fourth-order valence-electron chi connectivity index (χ4n) is 5.24. The molecule has 1 heterocycles. The van der Waals surface area contributed by atoms with Crippen molar-refractivity contribution in [3.05, 3.63) is 70.2 Å². The largest absolute Gasteiger partial charge is 1.00 e. The summed E-state index contributed by atoms with van der Waals surface area (Å²) in [4.78, 5) is 13.9. The Morgan fingerprint density at radius 3 is 2.02 bits per heavy atom. The molecule has 0 aliphatic rings. The van der Waals surface area contributed by atoms with Crippen molar-refractivity contribution in [2.45, 2.75) is 124 Å². The number of carbonyl (C=O) groups is 1. The Labute approximate surface area is 281 Å². The summed E-state index contributed by atoms with van der Waals surface area (Å²) in [5.41, 5.74) is 5.17. The van der Waals surface area contributed by atoms with Gasteiger partial charge in [0.1, 0.15) is 11.5 Å². The van der Waals surface area contributed by atoms with E-state index in [0.717, 1.165) is 30.0 Å². The summed E-state index contributed by atoms with van der Waals surface area (Å²) < 4.78 is 14.3. The minimum absolute atomic E-state index is 0. The van der Waals surface area contributed by atoms with Crippen LogP contribution in [0.3, 0.4) is 0 Å². The van der Waals surface area contributed by atoms with Gasteiger partial charge in [-0.25, -0.2) is 0 Å².